The second kappa shape index (κ2) is 6.04. The predicted octanol–water partition coefficient (Wildman–Crippen LogP) is 3.02. The molecule has 0 aliphatic rings. The molecule has 0 fully saturated rings. The summed E-state index contributed by atoms with van der Waals surface area (Å²) >= 11 is 0. The van der Waals surface area contributed by atoms with E-state index in [1.807, 2.05) is 0 Å². The fourth-order valence-electron chi connectivity index (χ4n) is 1.54. The first-order valence-electron chi connectivity index (χ1n) is 5.83. The van der Waals surface area contributed by atoms with Crippen molar-refractivity contribution in [1.82, 2.24) is 4.98 Å². The van der Waals surface area contributed by atoms with Crippen LogP contribution in [0.4, 0.5) is 20.3 Å². The Morgan fingerprint density at radius 2 is 2.05 bits per heavy atom. The molecule has 108 valence electrons. The smallest absolute Gasteiger partial charge is 0.258 e. The molecule has 0 unspecified atom stereocenters. The molecule has 6 nitrogen and oxygen atoms in total. The number of benzene rings is 1. The summed E-state index contributed by atoms with van der Waals surface area (Å²) in [6, 6.07) is 6.05. The SMILES string of the molecule is Cc1ccc([N+](=O)[O-])c(N/N=C\c2ccc(F)c(F)c2)n1. The molecule has 0 aliphatic carbocycles. The van der Waals surface area contributed by atoms with Crippen LogP contribution in [0.3, 0.4) is 0 Å². The molecule has 0 atom stereocenters. The summed E-state index contributed by atoms with van der Waals surface area (Å²) in [5.41, 5.74) is 3.06. The minimum absolute atomic E-state index is 0.0289. The largest absolute Gasteiger partial charge is 0.313 e. The van der Waals surface area contributed by atoms with Crippen LogP contribution >= 0.6 is 0 Å². The van der Waals surface area contributed by atoms with Crippen molar-refractivity contribution in [1.29, 1.82) is 0 Å². The van der Waals surface area contributed by atoms with Gasteiger partial charge in [-0.2, -0.15) is 5.10 Å². The Morgan fingerprint density at radius 3 is 2.71 bits per heavy atom. The summed E-state index contributed by atoms with van der Waals surface area (Å²) in [6.07, 6.45) is 1.20. The average molecular weight is 292 g/mol. The summed E-state index contributed by atoms with van der Waals surface area (Å²) in [5.74, 6) is -1.99. The van der Waals surface area contributed by atoms with Crippen molar-refractivity contribution >= 4 is 17.7 Å². The van der Waals surface area contributed by atoms with Crippen LogP contribution in [0.15, 0.2) is 35.4 Å². The lowest BCUT2D eigenvalue weighted by atomic mass is 10.2. The summed E-state index contributed by atoms with van der Waals surface area (Å²) in [5, 5.41) is 14.6. The van der Waals surface area contributed by atoms with Crippen LogP contribution in [-0.4, -0.2) is 16.1 Å². The van der Waals surface area contributed by atoms with Crippen molar-refractivity contribution in [2.45, 2.75) is 6.92 Å². The fourth-order valence-corrected chi connectivity index (χ4v) is 1.54. The third-order valence-corrected chi connectivity index (χ3v) is 2.54. The molecule has 0 aliphatic heterocycles. The Labute approximate surface area is 118 Å². The highest BCUT2D eigenvalue weighted by atomic mass is 19.2. The average Bonchev–Trinajstić information content (AvgIpc) is 2.42. The maximum Gasteiger partial charge on any atom is 0.313 e. The van der Waals surface area contributed by atoms with Gasteiger partial charge < -0.3 is 0 Å². The number of nitrogens with zero attached hydrogens (tertiary/aromatic N) is 3. The van der Waals surface area contributed by atoms with Crippen LogP contribution in [0, 0.1) is 28.7 Å². The number of nitrogens with one attached hydrogen (secondary N) is 1. The molecule has 1 heterocycles. The van der Waals surface area contributed by atoms with E-state index in [1.165, 1.54) is 24.4 Å². The van der Waals surface area contributed by atoms with Crippen LogP contribution in [0.25, 0.3) is 0 Å². The van der Waals surface area contributed by atoms with E-state index in [2.05, 4.69) is 15.5 Å². The second-order valence-corrected chi connectivity index (χ2v) is 4.12. The number of pyridine rings is 1. The first kappa shape index (κ1) is 14.5. The minimum atomic E-state index is -1.00. The van der Waals surface area contributed by atoms with Crippen molar-refractivity contribution in [3.05, 3.63) is 63.3 Å². The highest BCUT2D eigenvalue weighted by Gasteiger charge is 2.14. The Bertz CT molecular complexity index is 719. The van der Waals surface area contributed by atoms with Crippen molar-refractivity contribution in [3.63, 3.8) is 0 Å². The number of hydrogen-bond donors (Lipinski definition) is 1. The molecular formula is C13H10F2N4O2. The van der Waals surface area contributed by atoms with Gasteiger partial charge in [0.2, 0.25) is 5.82 Å². The maximum atomic E-state index is 13.0. The Kier molecular flexibility index (Phi) is 4.17. The molecule has 0 radical (unpaired) electrons. The quantitative estimate of drug-likeness (QED) is 0.533. The third-order valence-electron chi connectivity index (χ3n) is 2.54. The lowest BCUT2D eigenvalue weighted by molar-refractivity contribution is -0.384. The van der Waals surface area contributed by atoms with Gasteiger partial charge >= 0.3 is 5.69 Å². The standard InChI is InChI=1S/C13H10F2N4O2/c1-8-2-5-12(19(20)21)13(17-8)18-16-7-9-3-4-10(14)11(15)6-9/h2-7H,1H3,(H,17,18)/b16-7-. The zero-order valence-corrected chi connectivity index (χ0v) is 10.9. The monoisotopic (exact) mass is 292 g/mol. The second-order valence-electron chi connectivity index (χ2n) is 4.12. The molecule has 1 N–H and O–H groups in total. The van der Waals surface area contributed by atoms with E-state index in [1.54, 1.807) is 6.92 Å². The topological polar surface area (TPSA) is 80.4 Å². The van der Waals surface area contributed by atoms with Crippen LogP contribution in [0.1, 0.15) is 11.3 Å². The fraction of sp³-hybridized carbons (Fsp3) is 0.0769. The van der Waals surface area contributed by atoms with E-state index in [-0.39, 0.29) is 11.5 Å². The van der Waals surface area contributed by atoms with Gasteiger partial charge in [-0.3, -0.25) is 15.5 Å². The molecule has 21 heavy (non-hydrogen) atoms. The van der Waals surface area contributed by atoms with Crippen molar-refractivity contribution in [2.75, 3.05) is 5.43 Å². The number of aromatic nitrogens is 1. The van der Waals surface area contributed by atoms with Gasteiger partial charge in [0, 0.05) is 11.8 Å². The highest BCUT2D eigenvalue weighted by Crippen LogP contribution is 2.21. The predicted molar refractivity (Wildman–Crippen MR) is 73.2 cm³/mol. The lowest BCUT2D eigenvalue weighted by Gasteiger charge is -2.02. The zero-order valence-electron chi connectivity index (χ0n) is 10.9. The van der Waals surface area contributed by atoms with Crippen molar-refractivity contribution < 1.29 is 13.7 Å². The van der Waals surface area contributed by atoms with E-state index in [4.69, 9.17) is 0 Å². The lowest BCUT2D eigenvalue weighted by Crippen LogP contribution is -2.00. The maximum absolute atomic E-state index is 13.0. The molecular weight excluding hydrogens is 282 g/mol. The van der Waals surface area contributed by atoms with Gasteiger partial charge in [0.1, 0.15) is 0 Å². The molecule has 1 aromatic heterocycles. The van der Waals surface area contributed by atoms with E-state index >= 15 is 0 Å². The van der Waals surface area contributed by atoms with Crippen LogP contribution in [0.5, 0.6) is 0 Å². The molecule has 1 aromatic carbocycles. The number of hydrogen-bond acceptors (Lipinski definition) is 5. The number of nitro groups is 1. The van der Waals surface area contributed by atoms with Gasteiger partial charge in [0.05, 0.1) is 11.1 Å². The van der Waals surface area contributed by atoms with Gasteiger partial charge in [-0.15, -0.1) is 0 Å². The van der Waals surface area contributed by atoms with Gasteiger partial charge in [0.25, 0.3) is 0 Å². The van der Waals surface area contributed by atoms with Crippen LogP contribution in [-0.2, 0) is 0 Å². The van der Waals surface area contributed by atoms with Crippen molar-refractivity contribution in [3.8, 4) is 0 Å². The minimum Gasteiger partial charge on any atom is -0.258 e. The molecule has 0 bridgehead atoms. The molecule has 2 rings (SSSR count). The Hall–Kier alpha value is -2.90. The van der Waals surface area contributed by atoms with Gasteiger partial charge in [0.15, 0.2) is 11.6 Å². The normalized spacial score (nSPS) is 10.8. The summed E-state index contributed by atoms with van der Waals surface area (Å²) in [6.45, 7) is 1.67. The number of aryl methyl sites for hydroxylation is 1. The molecule has 0 saturated carbocycles. The number of rotatable bonds is 4. The van der Waals surface area contributed by atoms with E-state index in [0.717, 1.165) is 12.1 Å². The number of halogens is 2. The summed E-state index contributed by atoms with van der Waals surface area (Å²) in [7, 11) is 0. The van der Waals surface area contributed by atoms with Crippen LogP contribution < -0.4 is 5.43 Å². The zero-order chi connectivity index (χ0) is 15.4. The number of hydrazone groups is 1. The number of anilines is 1. The molecule has 0 amide bonds. The first-order valence-corrected chi connectivity index (χ1v) is 5.83. The molecule has 8 heteroatoms. The third kappa shape index (κ3) is 3.56. The van der Waals surface area contributed by atoms with E-state index in [9.17, 15) is 18.9 Å². The highest BCUT2D eigenvalue weighted by molar-refractivity contribution is 5.80. The van der Waals surface area contributed by atoms with Gasteiger partial charge in [-0.25, -0.2) is 13.8 Å². The van der Waals surface area contributed by atoms with Crippen molar-refractivity contribution in [2.24, 2.45) is 5.10 Å². The van der Waals surface area contributed by atoms with Gasteiger partial charge in [-0.05, 0) is 30.7 Å². The molecule has 2 aromatic rings. The van der Waals surface area contributed by atoms with E-state index < -0.39 is 16.6 Å². The Morgan fingerprint density at radius 1 is 1.29 bits per heavy atom. The van der Waals surface area contributed by atoms with E-state index in [0.29, 0.717) is 11.3 Å². The van der Waals surface area contributed by atoms with Gasteiger partial charge in [-0.1, -0.05) is 6.07 Å². The summed E-state index contributed by atoms with van der Waals surface area (Å²) in [4.78, 5) is 14.2. The molecule has 0 spiro atoms. The van der Waals surface area contributed by atoms with Crippen LogP contribution in [0.2, 0.25) is 0 Å². The molecule has 0 saturated heterocycles. The first-order chi connectivity index (χ1) is 9.97. The Balaban J connectivity index is 2.19. The summed E-state index contributed by atoms with van der Waals surface area (Å²) < 4.78 is 25.7.